The van der Waals surface area contributed by atoms with Crippen molar-refractivity contribution < 1.29 is 0 Å². The minimum Gasteiger partial charge on any atom is -0.323 e. The summed E-state index contributed by atoms with van der Waals surface area (Å²) < 4.78 is 0. The lowest BCUT2D eigenvalue weighted by Gasteiger charge is -2.22. The van der Waals surface area contributed by atoms with E-state index in [4.69, 9.17) is 17.3 Å². The molecule has 0 spiro atoms. The Hall–Kier alpha value is -1.38. The average Bonchev–Trinajstić information content (AvgIpc) is 2.41. The van der Waals surface area contributed by atoms with Crippen molar-refractivity contribution >= 4 is 11.6 Å². The van der Waals surface area contributed by atoms with Gasteiger partial charge in [0.15, 0.2) is 0 Å². The van der Waals surface area contributed by atoms with Crippen LogP contribution in [0.5, 0.6) is 0 Å². The molecule has 0 saturated carbocycles. The van der Waals surface area contributed by atoms with Gasteiger partial charge in [-0.15, -0.1) is 0 Å². The van der Waals surface area contributed by atoms with Crippen LogP contribution in [0.1, 0.15) is 35.6 Å². The van der Waals surface area contributed by atoms with Crippen molar-refractivity contribution in [2.24, 2.45) is 5.73 Å². The molecule has 3 heteroatoms. The van der Waals surface area contributed by atoms with Crippen molar-refractivity contribution in [2.45, 2.75) is 25.8 Å². The summed E-state index contributed by atoms with van der Waals surface area (Å²) in [5.74, 6) is 0.227. The van der Waals surface area contributed by atoms with E-state index >= 15 is 0 Å². The molecule has 0 amide bonds. The molecule has 0 aliphatic heterocycles. The molecule has 1 heterocycles. The zero-order valence-electron chi connectivity index (χ0n) is 10.6. The highest BCUT2D eigenvalue weighted by Gasteiger charge is 2.18. The number of halogens is 1. The highest BCUT2D eigenvalue weighted by atomic mass is 35.5. The second-order valence-electron chi connectivity index (χ2n) is 4.60. The zero-order valence-corrected chi connectivity index (χ0v) is 11.4. The summed E-state index contributed by atoms with van der Waals surface area (Å²) in [6.07, 6.45) is 3.59. The monoisotopic (exact) mass is 260 g/mol. The Morgan fingerprint density at radius 3 is 2.50 bits per heavy atom. The molecule has 0 bridgehead atoms. The summed E-state index contributed by atoms with van der Waals surface area (Å²) in [4.78, 5) is 4.03. The fourth-order valence-corrected chi connectivity index (χ4v) is 2.29. The number of rotatable bonds is 3. The molecule has 0 aliphatic carbocycles. The Balaban J connectivity index is 2.31. The van der Waals surface area contributed by atoms with E-state index in [1.165, 1.54) is 11.1 Å². The third kappa shape index (κ3) is 2.71. The highest BCUT2D eigenvalue weighted by molar-refractivity contribution is 6.30. The highest BCUT2D eigenvalue weighted by Crippen LogP contribution is 2.31. The van der Waals surface area contributed by atoms with Crippen molar-refractivity contribution in [3.8, 4) is 0 Å². The predicted octanol–water partition coefficient (Wildman–Crippen LogP) is 3.85. The molecule has 2 rings (SSSR count). The van der Waals surface area contributed by atoms with E-state index in [-0.39, 0.29) is 12.0 Å². The Bertz CT molecular complexity index is 525. The first kappa shape index (κ1) is 13.1. The molecule has 94 valence electrons. The number of benzene rings is 1. The summed E-state index contributed by atoms with van der Waals surface area (Å²) in [5.41, 5.74) is 9.83. The second kappa shape index (κ2) is 5.51. The first-order chi connectivity index (χ1) is 8.59. The summed E-state index contributed by atoms with van der Waals surface area (Å²) in [6.45, 7) is 4.19. The predicted molar refractivity (Wildman–Crippen MR) is 75.8 cm³/mol. The number of pyridine rings is 1. The van der Waals surface area contributed by atoms with Crippen LogP contribution in [0.25, 0.3) is 0 Å². The molecule has 1 aromatic carbocycles. The number of hydrogen-bond acceptors (Lipinski definition) is 2. The lowest BCUT2D eigenvalue weighted by Crippen LogP contribution is -2.18. The zero-order chi connectivity index (χ0) is 13.1. The Morgan fingerprint density at radius 1 is 1.17 bits per heavy atom. The van der Waals surface area contributed by atoms with Gasteiger partial charge in [0.1, 0.15) is 0 Å². The maximum Gasteiger partial charge on any atom is 0.0409 e. The summed E-state index contributed by atoms with van der Waals surface area (Å²) in [7, 11) is 0. The summed E-state index contributed by atoms with van der Waals surface area (Å²) in [5, 5.41) is 0.730. The fraction of sp³-hybridized carbons (Fsp3) is 0.267. The van der Waals surface area contributed by atoms with Gasteiger partial charge < -0.3 is 5.73 Å². The van der Waals surface area contributed by atoms with Crippen molar-refractivity contribution in [3.05, 3.63) is 64.4 Å². The van der Waals surface area contributed by atoms with E-state index in [9.17, 15) is 0 Å². The van der Waals surface area contributed by atoms with Crippen LogP contribution in [0.2, 0.25) is 5.02 Å². The van der Waals surface area contributed by atoms with E-state index in [0.717, 1.165) is 10.6 Å². The van der Waals surface area contributed by atoms with Crippen molar-refractivity contribution in [3.63, 3.8) is 0 Å². The minimum atomic E-state index is -0.0638. The molecule has 2 aromatic rings. The lowest BCUT2D eigenvalue weighted by atomic mass is 9.88. The first-order valence-corrected chi connectivity index (χ1v) is 6.39. The molecular weight excluding hydrogens is 244 g/mol. The quantitative estimate of drug-likeness (QED) is 0.911. The lowest BCUT2D eigenvalue weighted by molar-refractivity contribution is 0.594. The number of aromatic nitrogens is 1. The smallest absolute Gasteiger partial charge is 0.0409 e. The van der Waals surface area contributed by atoms with E-state index in [2.05, 4.69) is 18.8 Å². The van der Waals surface area contributed by atoms with Gasteiger partial charge in [0.25, 0.3) is 0 Å². The van der Waals surface area contributed by atoms with Crippen molar-refractivity contribution in [1.29, 1.82) is 0 Å². The molecule has 1 aromatic heterocycles. The van der Waals surface area contributed by atoms with Gasteiger partial charge in [-0.05, 0) is 47.9 Å². The van der Waals surface area contributed by atoms with Gasteiger partial charge in [-0.3, -0.25) is 4.98 Å². The van der Waals surface area contributed by atoms with Crippen LogP contribution in [0.3, 0.4) is 0 Å². The molecule has 2 unspecified atom stereocenters. The standard InChI is InChI=1S/C15H17ClN2/c1-10-3-4-13(16)9-14(10)15(17)11(2)12-5-7-18-8-6-12/h3-9,11,15H,17H2,1-2H3. The molecule has 2 N–H and O–H groups in total. The van der Waals surface area contributed by atoms with E-state index in [0.29, 0.717) is 0 Å². The van der Waals surface area contributed by atoms with Crippen LogP contribution in [0, 0.1) is 6.92 Å². The van der Waals surface area contributed by atoms with Crippen LogP contribution in [0.4, 0.5) is 0 Å². The van der Waals surface area contributed by atoms with Gasteiger partial charge in [0, 0.05) is 29.4 Å². The van der Waals surface area contributed by atoms with Crippen LogP contribution in [0.15, 0.2) is 42.7 Å². The number of nitrogens with two attached hydrogens (primary N) is 1. The average molecular weight is 261 g/mol. The molecule has 18 heavy (non-hydrogen) atoms. The van der Waals surface area contributed by atoms with Gasteiger partial charge in [0.05, 0.1) is 0 Å². The van der Waals surface area contributed by atoms with E-state index < -0.39 is 0 Å². The van der Waals surface area contributed by atoms with E-state index in [1.54, 1.807) is 12.4 Å². The third-order valence-electron chi connectivity index (χ3n) is 3.37. The Morgan fingerprint density at radius 2 is 1.83 bits per heavy atom. The van der Waals surface area contributed by atoms with Gasteiger partial charge in [-0.25, -0.2) is 0 Å². The summed E-state index contributed by atoms with van der Waals surface area (Å²) >= 11 is 6.05. The van der Waals surface area contributed by atoms with Crippen molar-refractivity contribution in [1.82, 2.24) is 4.98 Å². The number of aryl methyl sites for hydroxylation is 1. The van der Waals surface area contributed by atoms with Gasteiger partial charge in [0.2, 0.25) is 0 Å². The first-order valence-electron chi connectivity index (χ1n) is 6.01. The van der Waals surface area contributed by atoms with Gasteiger partial charge in [-0.2, -0.15) is 0 Å². The Labute approximate surface area is 113 Å². The molecule has 0 aliphatic rings. The largest absolute Gasteiger partial charge is 0.323 e. The molecule has 0 saturated heterocycles. The van der Waals surface area contributed by atoms with Crippen molar-refractivity contribution in [2.75, 3.05) is 0 Å². The normalized spacial score (nSPS) is 14.2. The molecule has 0 radical (unpaired) electrons. The van der Waals surface area contributed by atoms with E-state index in [1.807, 2.05) is 30.3 Å². The topological polar surface area (TPSA) is 38.9 Å². The maximum atomic E-state index is 6.36. The minimum absolute atomic E-state index is 0.0638. The molecule has 2 nitrogen and oxygen atoms in total. The SMILES string of the molecule is Cc1ccc(Cl)cc1C(N)C(C)c1ccncc1. The summed E-state index contributed by atoms with van der Waals surface area (Å²) in [6, 6.07) is 9.81. The number of nitrogens with zero attached hydrogens (tertiary/aromatic N) is 1. The Kier molecular flexibility index (Phi) is 4.00. The van der Waals surface area contributed by atoms with Crippen LogP contribution < -0.4 is 5.73 Å². The van der Waals surface area contributed by atoms with Crippen LogP contribution in [-0.2, 0) is 0 Å². The van der Waals surface area contributed by atoms with Gasteiger partial charge in [-0.1, -0.05) is 24.6 Å². The fourth-order valence-electron chi connectivity index (χ4n) is 2.11. The molecular formula is C15H17ClN2. The third-order valence-corrected chi connectivity index (χ3v) is 3.61. The molecule has 0 fully saturated rings. The number of hydrogen-bond donors (Lipinski definition) is 1. The second-order valence-corrected chi connectivity index (χ2v) is 5.03. The van der Waals surface area contributed by atoms with Crippen LogP contribution >= 0.6 is 11.6 Å². The van der Waals surface area contributed by atoms with Crippen LogP contribution in [-0.4, -0.2) is 4.98 Å². The van der Waals surface area contributed by atoms with Gasteiger partial charge >= 0.3 is 0 Å². The maximum absolute atomic E-state index is 6.36. The molecule has 2 atom stereocenters.